The molecule has 0 aromatic carbocycles. The summed E-state index contributed by atoms with van der Waals surface area (Å²) < 4.78 is 0. The van der Waals surface area contributed by atoms with Crippen LogP contribution in [0.5, 0.6) is 0 Å². The van der Waals surface area contributed by atoms with Crippen LogP contribution < -0.4 is 5.32 Å². The Hall–Kier alpha value is -0.120. The zero-order valence-corrected chi connectivity index (χ0v) is 11.8. The van der Waals surface area contributed by atoms with Crippen molar-refractivity contribution >= 4 is 0 Å². The Bertz CT molecular complexity index is 210. The summed E-state index contributed by atoms with van der Waals surface area (Å²) in [6, 6.07) is 0.409. The van der Waals surface area contributed by atoms with E-state index in [1.807, 2.05) is 0 Å². The van der Waals surface area contributed by atoms with Crippen LogP contribution in [0.15, 0.2) is 0 Å². The summed E-state index contributed by atoms with van der Waals surface area (Å²) in [6.07, 6.45) is 4.80. The highest BCUT2D eigenvalue weighted by molar-refractivity contribution is 4.86. The summed E-state index contributed by atoms with van der Waals surface area (Å²) in [7, 11) is 0. The van der Waals surface area contributed by atoms with Gasteiger partial charge in [-0.1, -0.05) is 20.8 Å². The molecule has 0 aromatic heterocycles. The van der Waals surface area contributed by atoms with Crippen molar-refractivity contribution in [1.82, 2.24) is 10.2 Å². The number of nitrogens with one attached hydrogen (secondary N) is 1. The predicted octanol–water partition coefficient (Wildman–Crippen LogP) is 1.86. The highest BCUT2D eigenvalue weighted by Crippen LogP contribution is 2.26. The van der Waals surface area contributed by atoms with E-state index in [1.54, 1.807) is 0 Å². The lowest BCUT2D eigenvalue weighted by molar-refractivity contribution is 0.106. The molecule has 0 bridgehead atoms. The standard InChI is InChI=1S/C14H30N2O/c1-4-8-15-11-14(3,5-2)12-16-9-6-7-13(16)10-17/h13,15,17H,4-12H2,1-3H3. The van der Waals surface area contributed by atoms with Crippen molar-refractivity contribution in [1.29, 1.82) is 0 Å². The van der Waals surface area contributed by atoms with Gasteiger partial charge in [-0.3, -0.25) is 4.90 Å². The van der Waals surface area contributed by atoms with Crippen LogP contribution in [0.4, 0.5) is 0 Å². The predicted molar refractivity (Wildman–Crippen MR) is 73.2 cm³/mol. The Morgan fingerprint density at radius 1 is 1.41 bits per heavy atom. The maximum Gasteiger partial charge on any atom is 0.0586 e. The molecule has 1 rings (SSSR count). The third-order valence-corrected chi connectivity index (χ3v) is 4.13. The summed E-state index contributed by atoms with van der Waals surface area (Å²) in [5.74, 6) is 0. The average molecular weight is 242 g/mol. The van der Waals surface area contributed by atoms with Gasteiger partial charge in [0.25, 0.3) is 0 Å². The third-order valence-electron chi connectivity index (χ3n) is 4.13. The molecule has 3 heteroatoms. The van der Waals surface area contributed by atoms with Crippen LogP contribution in [0.25, 0.3) is 0 Å². The Morgan fingerprint density at radius 3 is 2.76 bits per heavy atom. The van der Waals surface area contributed by atoms with Gasteiger partial charge in [-0.05, 0) is 44.2 Å². The van der Waals surface area contributed by atoms with Gasteiger partial charge in [-0.2, -0.15) is 0 Å². The van der Waals surface area contributed by atoms with E-state index in [9.17, 15) is 5.11 Å². The largest absolute Gasteiger partial charge is 0.395 e. The molecule has 0 saturated carbocycles. The first-order valence-corrected chi connectivity index (χ1v) is 7.21. The molecule has 0 aliphatic carbocycles. The fourth-order valence-electron chi connectivity index (χ4n) is 2.66. The zero-order chi connectivity index (χ0) is 12.7. The fourth-order valence-corrected chi connectivity index (χ4v) is 2.66. The zero-order valence-electron chi connectivity index (χ0n) is 11.8. The Labute approximate surface area is 107 Å². The summed E-state index contributed by atoms with van der Waals surface area (Å²) >= 11 is 0. The second kappa shape index (κ2) is 7.34. The molecule has 0 spiro atoms. The van der Waals surface area contributed by atoms with Gasteiger partial charge < -0.3 is 10.4 Å². The van der Waals surface area contributed by atoms with Crippen molar-refractivity contribution in [3.05, 3.63) is 0 Å². The Kier molecular flexibility index (Phi) is 6.45. The molecular weight excluding hydrogens is 212 g/mol. The number of hydrogen-bond donors (Lipinski definition) is 2. The van der Waals surface area contributed by atoms with Gasteiger partial charge in [0.1, 0.15) is 0 Å². The molecule has 1 aliphatic heterocycles. The minimum atomic E-state index is 0.322. The second-order valence-electron chi connectivity index (χ2n) is 5.79. The van der Waals surface area contributed by atoms with Gasteiger partial charge in [0, 0.05) is 19.1 Å². The number of hydrogen-bond acceptors (Lipinski definition) is 3. The smallest absolute Gasteiger partial charge is 0.0586 e. The second-order valence-corrected chi connectivity index (χ2v) is 5.79. The van der Waals surface area contributed by atoms with Crippen LogP contribution in [0, 0.1) is 5.41 Å². The van der Waals surface area contributed by atoms with Crippen LogP contribution >= 0.6 is 0 Å². The summed E-state index contributed by atoms with van der Waals surface area (Å²) in [4.78, 5) is 2.48. The minimum Gasteiger partial charge on any atom is -0.395 e. The summed E-state index contributed by atoms with van der Waals surface area (Å²) in [5.41, 5.74) is 0.340. The van der Waals surface area contributed by atoms with Crippen LogP contribution in [0.3, 0.4) is 0 Å². The van der Waals surface area contributed by atoms with Crippen LogP contribution in [-0.4, -0.2) is 48.8 Å². The van der Waals surface area contributed by atoms with Crippen molar-refractivity contribution in [3.8, 4) is 0 Å². The average Bonchev–Trinajstić information content (AvgIpc) is 2.76. The monoisotopic (exact) mass is 242 g/mol. The minimum absolute atomic E-state index is 0.322. The highest BCUT2D eigenvalue weighted by atomic mass is 16.3. The molecule has 1 fully saturated rings. The van der Waals surface area contributed by atoms with Crippen molar-refractivity contribution < 1.29 is 5.11 Å². The quantitative estimate of drug-likeness (QED) is 0.638. The van der Waals surface area contributed by atoms with Gasteiger partial charge in [0.05, 0.1) is 6.61 Å². The third kappa shape index (κ3) is 4.57. The molecule has 1 aliphatic rings. The lowest BCUT2D eigenvalue weighted by atomic mass is 9.86. The molecule has 102 valence electrons. The first-order valence-electron chi connectivity index (χ1n) is 7.21. The van der Waals surface area contributed by atoms with Crippen molar-refractivity contribution in [3.63, 3.8) is 0 Å². The SMILES string of the molecule is CCCNCC(C)(CC)CN1CCCC1CO. The van der Waals surface area contributed by atoms with Gasteiger partial charge >= 0.3 is 0 Å². The summed E-state index contributed by atoms with van der Waals surface area (Å²) in [5, 5.41) is 12.9. The van der Waals surface area contributed by atoms with Crippen molar-refractivity contribution in [2.45, 2.75) is 52.5 Å². The van der Waals surface area contributed by atoms with Crippen molar-refractivity contribution in [2.75, 3.05) is 32.8 Å². The normalized spacial score (nSPS) is 25.1. The van der Waals surface area contributed by atoms with E-state index >= 15 is 0 Å². The number of aliphatic hydroxyl groups excluding tert-OH is 1. The maximum atomic E-state index is 9.36. The molecule has 2 N–H and O–H groups in total. The van der Waals surface area contributed by atoms with Gasteiger partial charge in [-0.15, -0.1) is 0 Å². The Balaban J connectivity index is 2.43. The number of aliphatic hydroxyl groups is 1. The molecule has 1 saturated heterocycles. The molecule has 0 radical (unpaired) electrons. The van der Waals surface area contributed by atoms with Gasteiger partial charge in [0.2, 0.25) is 0 Å². The summed E-state index contributed by atoms with van der Waals surface area (Å²) in [6.45, 7) is 11.6. The lowest BCUT2D eigenvalue weighted by Gasteiger charge is -2.35. The fraction of sp³-hybridized carbons (Fsp3) is 1.00. The molecule has 17 heavy (non-hydrogen) atoms. The number of rotatable bonds is 8. The first-order chi connectivity index (χ1) is 8.15. The number of likely N-dealkylation sites (tertiary alicyclic amines) is 1. The van der Waals surface area contributed by atoms with Crippen LogP contribution in [0.2, 0.25) is 0 Å². The molecule has 2 unspecified atom stereocenters. The molecule has 1 heterocycles. The number of nitrogens with zero attached hydrogens (tertiary/aromatic N) is 1. The Morgan fingerprint density at radius 2 is 2.18 bits per heavy atom. The van der Waals surface area contributed by atoms with E-state index in [0.29, 0.717) is 18.1 Å². The van der Waals surface area contributed by atoms with Crippen LogP contribution in [-0.2, 0) is 0 Å². The topological polar surface area (TPSA) is 35.5 Å². The van der Waals surface area contributed by atoms with E-state index in [4.69, 9.17) is 0 Å². The van der Waals surface area contributed by atoms with E-state index in [-0.39, 0.29) is 0 Å². The molecule has 0 amide bonds. The lowest BCUT2D eigenvalue weighted by Crippen LogP contribution is -2.44. The van der Waals surface area contributed by atoms with Gasteiger partial charge in [-0.25, -0.2) is 0 Å². The van der Waals surface area contributed by atoms with E-state index in [0.717, 1.165) is 26.2 Å². The maximum absolute atomic E-state index is 9.36. The van der Waals surface area contributed by atoms with Crippen molar-refractivity contribution in [2.24, 2.45) is 5.41 Å². The van der Waals surface area contributed by atoms with E-state index in [2.05, 4.69) is 31.0 Å². The van der Waals surface area contributed by atoms with Gasteiger partial charge in [0.15, 0.2) is 0 Å². The first kappa shape index (κ1) is 14.9. The highest BCUT2D eigenvalue weighted by Gasteiger charge is 2.31. The van der Waals surface area contributed by atoms with E-state index < -0.39 is 0 Å². The van der Waals surface area contributed by atoms with Crippen LogP contribution in [0.1, 0.15) is 46.5 Å². The van der Waals surface area contributed by atoms with E-state index in [1.165, 1.54) is 25.7 Å². The molecular formula is C14H30N2O. The molecule has 2 atom stereocenters. The molecule has 3 nitrogen and oxygen atoms in total. The molecule has 0 aromatic rings.